The quantitative estimate of drug-likeness (QED) is 0.414. The van der Waals surface area contributed by atoms with E-state index in [1.165, 1.54) is 6.20 Å². The molecule has 0 saturated heterocycles. The summed E-state index contributed by atoms with van der Waals surface area (Å²) in [5.41, 5.74) is -1.15. The zero-order valence-electron chi connectivity index (χ0n) is 14.5. The lowest BCUT2D eigenvalue weighted by atomic mass is 10.2. The Morgan fingerprint density at radius 1 is 1.22 bits per heavy atom. The van der Waals surface area contributed by atoms with Crippen LogP contribution in [-0.4, -0.2) is 33.5 Å². The van der Waals surface area contributed by atoms with Crippen LogP contribution < -0.4 is 10.6 Å². The first kappa shape index (κ1) is 20.2. The van der Waals surface area contributed by atoms with Crippen molar-refractivity contribution in [3.63, 3.8) is 0 Å². The Labute approximate surface area is 156 Å². The van der Waals surface area contributed by atoms with Crippen LogP contribution in [0.5, 0.6) is 0 Å². The van der Waals surface area contributed by atoms with E-state index in [0.717, 1.165) is 29.5 Å². The van der Waals surface area contributed by atoms with Crippen molar-refractivity contribution >= 4 is 39.9 Å². The lowest BCUT2D eigenvalue weighted by Gasteiger charge is -2.18. The molecule has 2 amide bonds. The van der Waals surface area contributed by atoms with Crippen molar-refractivity contribution < 1.29 is 28.3 Å². The summed E-state index contributed by atoms with van der Waals surface area (Å²) in [5.74, 6) is -3.09. The minimum Gasteiger partial charge on any atom is -0.444 e. The van der Waals surface area contributed by atoms with E-state index in [0.29, 0.717) is 0 Å². The van der Waals surface area contributed by atoms with Crippen LogP contribution >= 0.6 is 11.3 Å². The predicted molar refractivity (Wildman–Crippen MR) is 95.3 cm³/mol. The van der Waals surface area contributed by atoms with Gasteiger partial charge in [-0.25, -0.2) is 18.6 Å². The smallest absolute Gasteiger partial charge is 0.413 e. The number of anilines is 2. The van der Waals surface area contributed by atoms with Gasteiger partial charge in [-0.05, 0) is 32.9 Å². The fourth-order valence-electron chi connectivity index (χ4n) is 1.80. The van der Waals surface area contributed by atoms with Crippen LogP contribution in [0.3, 0.4) is 0 Å². The number of hydrogen-bond donors (Lipinski definition) is 3. The number of amides is 2. The number of carbonyl (C=O) groups is 2. The summed E-state index contributed by atoms with van der Waals surface area (Å²) in [5, 5.41) is 16.8. The number of hydrogen-bond acceptors (Lipinski definition) is 7. The molecule has 3 N–H and O–H groups in total. The first-order valence-corrected chi connectivity index (χ1v) is 8.35. The molecule has 0 unspecified atom stereocenters. The zero-order chi connectivity index (χ0) is 20.2. The Bertz CT molecular complexity index is 893. The predicted octanol–water partition coefficient (Wildman–Crippen LogP) is 3.59. The van der Waals surface area contributed by atoms with E-state index in [1.54, 1.807) is 20.8 Å². The number of oxime groups is 1. The van der Waals surface area contributed by atoms with E-state index in [2.05, 4.69) is 20.8 Å². The number of nitrogens with one attached hydrogen (secondary N) is 2. The molecule has 1 aromatic carbocycles. The molecule has 2 rings (SSSR count). The third-order valence-electron chi connectivity index (χ3n) is 2.84. The maximum atomic E-state index is 13.2. The number of ether oxygens (including phenoxy) is 1. The van der Waals surface area contributed by atoms with Crippen molar-refractivity contribution in [3.8, 4) is 0 Å². The van der Waals surface area contributed by atoms with Crippen molar-refractivity contribution in [2.24, 2.45) is 5.16 Å². The van der Waals surface area contributed by atoms with Crippen molar-refractivity contribution in [1.29, 1.82) is 0 Å². The molecule has 8 nitrogen and oxygen atoms in total. The lowest BCUT2D eigenvalue weighted by molar-refractivity contribution is -0.110. The van der Waals surface area contributed by atoms with Gasteiger partial charge in [-0.3, -0.25) is 10.1 Å². The Hall–Kier alpha value is -3.08. The lowest BCUT2D eigenvalue weighted by Crippen LogP contribution is -2.27. The van der Waals surface area contributed by atoms with Gasteiger partial charge in [0.15, 0.2) is 22.5 Å². The number of benzene rings is 1. The van der Waals surface area contributed by atoms with Crippen molar-refractivity contribution in [3.05, 3.63) is 40.9 Å². The maximum Gasteiger partial charge on any atom is 0.413 e. The highest BCUT2D eigenvalue weighted by Crippen LogP contribution is 2.21. The number of halogens is 2. The number of thiazole rings is 1. The third-order valence-corrected chi connectivity index (χ3v) is 3.76. The van der Waals surface area contributed by atoms with Gasteiger partial charge < -0.3 is 15.3 Å². The molecule has 0 aliphatic heterocycles. The molecule has 144 valence electrons. The van der Waals surface area contributed by atoms with Gasteiger partial charge in [-0.15, -0.1) is 0 Å². The van der Waals surface area contributed by atoms with Crippen molar-refractivity contribution in [2.45, 2.75) is 26.4 Å². The molecule has 0 spiro atoms. The van der Waals surface area contributed by atoms with Crippen LogP contribution in [0, 0.1) is 11.6 Å². The number of carbonyl (C=O) groups excluding carboxylic acids is 2. The standard InChI is InChI=1S/C16H16F2N4O4S/c1-16(2,3)26-15(24)21-14-19-7-11(27-14)12(22-25)13(23)20-8-4-5-9(17)10(18)6-8/h4-7,25H,1-3H3,(H,20,23)(H,19,21,24). The summed E-state index contributed by atoms with van der Waals surface area (Å²) in [6.07, 6.45) is 0.467. The van der Waals surface area contributed by atoms with E-state index < -0.39 is 34.9 Å². The summed E-state index contributed by atoms with van der Waals surface area (Å²) in [4.78, 5) is 28.0. The zero-order valence-corrected chi connectivity index (χ0v) is 15.4. The van der Waals surface area contributed by atoms with E-state index in [9.17, 15) is 18.4 Å². The number of aromatic nitrogens is 1. The normalized spacial score (nSPS) is 11.8. The second-order valence-corrected chi connectivity index (χ2v) is 7.22. The first-order chi connectivity index (χ1) is 12.6. The van der Waals surface area contributed by atoms with Crippen molar-refractivity contribution in [2.75, 3.05) is 10.6 Å². The molecule has 0 aliphatic carbocycles. The van der Waals surface area contributed by atoms with Crippen LogP contribution in [0.25, 0.3) is 0 Å². The van der Waals surface area contributed by atoms with Crippen LogP contribution in [0.15, 0.2) is 29.6 Å². The van der Waals surface area contributed by atoms with Gasteiger partial charge in [0.05, 0.1) is 11.1 Å². The Morgan fingerprint density at radius 2 is 1.93 bits per heavy atom. The van der Waals surface area contributed by atoms with Crippen LogP contribution in [-0.2, 0) is 9.53 Å². The molecule has 11 heteroatoms. The summed E-state index contributed by atoms with van der Waals surface area (Å²) in [7, 11) is 0. The molecular formula is C16H16F2N4O4S. The van der Waals surface area contributed by atoms with E-state index in [4.69, 9.17) is 9.94 Å². The summed E-state index contributed by atoms with van der Waals surface area (Å²) >= 11 is 0.856. The number of rotatable bonds is 4. The molecule has 1 heterocycles. The average molecular weight is 398 g/mol. The highest BCUT2D eigenvalue weighted by atomic mass is 32.1. The third kappa shape index (κ3) is 5.71. The molecule has 0 aliphatic rings. The summed E-state index contributed by atoms with van der Waals surface area (Å²) in [6, 6.07) is 2.77. The number of nitrogens with zero attached hydrogens (tertiary/aromatic N) is 2. The highest BCUT2D eigenvalue weighted by Gasteiger charge is 2.21. The largest absolute Gasteiger partial charge is 0.444 e. The molecule has 0 saturated carbocycles. The first-order valence-electron chi connectivity index (χ1n) is 7.53. The van der Waals surface area contributed by atoms with Crippen LogP contribution in [0.1, 0.15) is 25.6 Å². The highest BCUT2D eigenvalue weighted by molar-refractivity contribution is 7.18. The van der Waals surface area contributed by atoms with Gasteiger partial charge in [-0.2, -0.15) is 0 Å². The summed E-state index contributed by atoms with van der Waals surface area (Å²) < 4.78 is 31.2. The molecule has 0 bridgehead atoms. The van der Waals surface area contributed by atoms with Gasteiger partial charge in [0.1, 0.15) is 5.60 Å². The Morgan fingerprint density at radius 3 is 2.52 bits per heavy atom. The SMILES string of the molecule is CC(C)(C)OC(=O)Nc1ncc(C(=NO)C(=O)Nc2ccc(F)c(F)c2)s1. The second-order valence-electron chi connectivity index (χ2n) is 6.19. The maximum absolute atomic E-state index is 13.2. The summed E-state index contributed by atoms with van der Waals surface area (Å²) in [6.45, 7) is 5.08. The van der Waals surface area contributed by atoms with Crippen LogP contribution in [0.4, 0.5) is 24.4 Å². The molecule has 2 aromatic rings. The Balaban J connectivity index is 2.09. The Kier molecular flexibility index (Phi) is 6.05. The molecule has 0 atom stereocenters. The minimum atomic E-state index is -1.14. The average Bonchev–Trinajstić information content (AvgIpc) is 2.97. The topological polar surface area (TPSA) is 113 Å². The monoisotopic (exact) mass is 398 g/mol. The molecule has 1 aromatic heterocycles. The van der Waals surface area contributed by atoms with Crippen molar-refractivity contribution in [1.82, 2.24) is 4.98 Å². The van der Waals surface area contributed by atoms with E-state index >= 15 is 0 Å². The fourth-order valence-corrected chi connectivity index (χ4v) is 2.59. The fraction of sp³-hybridized carbons (Fsp3) is 0.250. The molecule has 0 fully saturated rings. The minimum absolute atomic E-state index is 0.0309. The second kappa shape index (κ2) is 8.08. The molecule has 27 heavy (non-hydrogen) atoms. The van der Waals surface area contributed by atoms with E-state index in [-0.39, 0.29) is 15.7 Å². The van der Waals surface area contributed by atoms with Gasteiger partial charge >= 0.3 is 6.09 Å². The van der Waals surface area contributed by atoms with Gasteiger partial charge in [0, 0.05) is 11.8 Å². The molecular weight excluding hydrogens is 382 g/mol. The van der Waals surface area contributed by atoms with Gasteiger partial charge in [-0.1, -0.05) is 16.5 Å². The van der Waals surface area contributed by atoms with E-state index in [1.807, 2.05) is 0 Å². The van der Waals surface area contributed by atoms with Gasteiger partial charge in [0.2, 0.25) is 0 Å². The van der Waals surface area contributed by atoms with Crippen LogP contribution in [0.2, 0.25) is 0 Å². The van der Waals surface area contributed by atoms with Gasteiger partial charge in [0.25, 0.3) is 5.91 Å². The molecule has 0 radical (unpaired) electrons.